The van der Waals surface area contributed by atoms with E-state index in [1.807, 2.05) is 31.2 Å². The third-order valence-corrected chi connectivity index (χ3v) is 2.17. The first-order chi connectivity index (χ1) is 6.31. The number of fused-ring (bicyclic) bond motifs is 1. The highest BCUT2D eigenvalue weighted by atomic mass is 16.5. The summed E-state index contributed by atoms with van der Waals surface area (Å²) in [4.78, 5) is 11.3. The van der Waals surface area contributed by atoms with E-state index in [1.54, 1.807) is 6.08 Å². The van der Waals surface area contributed by atoms with Gasteiger partial charge in [0, 0.05) is 12.0 Å². The van der Waals surface area contributed by atoms with Gasteiger partial charge in [-0.15, -0.1) is 0 Å². The Balaban J connectivity index is 2.44. The fraction of sp³-hybridized carbons (Fsp3) is 0.182. The van der Waals surface area contributed by atoms with Gasteiger partial charge in [-0.05, 0) is 18.6 Å². The molecule has 1 heterocycles. The zero-order valence-corrected chi connectivity index (χ0v) is 7.41. The average Bonchev–Trinajstić information content (AvgIpc) is 2.17. The zero-order chi connectivity index (χ0) is 9.26. The van der Waals surface area contributed by atoms with Gasteiger partial charge < -0.3 is 4.74 Å². The number of carbonyl (C=O) groups excluding carboxylic acids is 1. The molecule has 2 heteroatoms. The zero-order valence-electron chi connectivity index (χ0n) is 7.41. The number of esters is 1. The minimum atomic E-state index is -0.221. The standard InChI is InChI=1S/C11H10O2/c1-2-8-7-9-5-3-4-6-10(9)13-11(8)12/h2-6H,7H2,1H3/b8-2-. The molecule has 1 aliphatic heterocycles. The lowest BCUT2D eigenvalue weighted by atomic mass is 10.0. The van der Waals surface area contributed by atoms with E-state index in [4.69, 9.17) is 4.74 Å². The molecule has 0 fully saturated rings. The number of carbonyl (C=O) groups is 1. The number of benzene rings is 1. The van der Waals surface area contributed by atoms with Crippen LogP contribution in [0.15, 0.2) is 35.9 Å². The SMILES string of the molecule is C/C=C1/Cc2ccccc2OC1=O. The molecule has 0 spiro atoms. The van der Waals surface area contributed by atoms with Crippen molar-refractivity contribution >= 4 is 5.97 Å². The number of rotatable bonds is 0. The molecule has 0 amide bonds. The summed E-state index contributed by atoms with van der Waals surface area (Å²) in [6.45, 7) is 1.85. The van der Waals surface area contributed by atoms with Crippen LogP contribution in [0.3, 0.4) is 0 Å². The van der Waals surface area contributed by atoms with Gasteiger partial charge in [-0.1, -0.05) is 24.3 Å². The van der Waals surface area contributed by atoms with E-state index >= 15 is 0 Å². The maximum atomic E-state index is 11.3. The van der Waals surface area contributed by atoms with Crippen molar-refractivity contribution in [3.8, 4) is 5.75 Å². The lowest BCUT2D eigenvalue weighted by molar-refractivity contribution is -0.130. The van der Waals surface area contributed by atoms with E-state index in [-0.39, 0.29) is 5.97 Å². The van der Waals surface area contributed by atoms with Crippen LogP contribution in [0.25, 0.3) is 0 Å². The Hall–Kier alpha value is -1.57. The van der Waals surface area contributed by atoms with Crippen LogP contribution in [0.1, 0.15) is 12.5 Å². The second kappa shape index (κ2) is 3.05. The highest BCUT2D eigenvalue weighted by Gasteiger charge is 2.20. The number of hydrogen-bond acceptors (Lipinski definition) is 2. The highest BCUT2D eigenvalue weighted by molar-refractivity contribution is 5.92. The van der Waals surface area contributed by atoms with Gasteiger partial charge in [0.15, 0.2) is 0 Å². The summed E-state index contributed by atoms with van der Waals surface area (Å²) in [5.41, 5.74) is 1.81. The van der Waals surface area contributed by atoms with Gasteiger partial charge in [0.1, 0.15) is 5.75 Å². The molecule has 1 aromatic rings. The number of hydrogen-bond donors (Lipinski definition) is 0. The molecule has 0 aromatic heterocycles. The molecular formula is C11H10O2. The first-order valence-corrected chi connectivity index (χ1v) is 4.26. The van der Waals surface area contributed by atoms with Crippen molar-refractivity contribution in [2.45, 2.75) is 13.3 Å². The van der Waals surface area contributed by atoms with Crippen LogP contribution in [-0.4, -0.2) is 5.97 Å². The van der Waals surface area contributed by atoms with Crippen LogP contribution in [0, 0.1) is 0 Å². The molecule has 66 valence electrons. The average molecular weight is 174 g/mol. The quantitative estimate of drug-likeness (QED) is 0.342. The second-order valence-electron chi connectivity index (χ2n) is 2.99. The molecule has 0 N–H and O–H groups in total. The fourth-order valence-corrected chi connectivity index (χ4v) is 1.41. The molecule has 0 aliphatic carbocycles. The maximum absolute atomic E-state index is 11.3. The monoisotopic (exact) mass is 174 g/mol. The molecule has 0 saturated carbocycles. The van der Waals surface area contributed by atoms with Crippen LogP contribution >= 0.6 is 0 Å². The molecule has 2 nitrogen and oxygen atoms in total. The minimum Gasteiger partial charge on any atom is -0.423 e. The molecule has 1 aliphatic rings. The predicted molar refractivity (Wildman–Crippen MR) is 49.5 cm³/mol. The van der Waals surface area contributed by atoms with E-state index < -0.39 is 0 Å². The Bertz CT molecular complexity index is 377. The predicted octanol–water partition coefficient (Wildman–Crippen LogP) is 2.09. The molecule has 2 rings (SSSR count). The van der Waals surface area contributed by atoms with Gasteiger partial charge >= 0.3 is 5.97 Å². The summed E-state index contributed by atoms with van der Waals surface area (Å²) in [5, 5.41) is 0. The van der Waals surface area contributed by atoms with Gasteiger partial charge in [-0.25, -0.2) is 4.79 Å². The number of allylic oxidation sites excluding steroid dienone is 1. The summed E-state index contributed by atoms with van der Waals surface area (Å²) in [6, 6.07) is 7.61. The normalized spacial score (nSPS) is 18.2. The van der Waals surface area contributed by atoms with Crippen molar-refractivity contribution < 1.29 is 9.53 Å². The second-order valence-corrected chi connectivity index (χ2v) is 2.99. The molecule has 13 heavy (non-hydrogen) atoms. The fourth-order valence-electron chi connectivity index (χ4n) is 1.41. The largest absolute Gasteiger partial charge is 0.423 e. The molecule has 0 saturated heterocycles. The third-order valence-electron chi connectivity index (χ3n) is 2.17. The van der Waals surface area contributed by atoms with Crippen LogP contribution in [-0.2, 0) is 11.2 Å². The molecule has 0 atom stereocenters. The Morgan fingerprint density at radius 1 is 1.38 bits per heavy atom. The van der Waals surface area contributed by atoms with Crippen molar-refractivity contribution in [1.29, 1.82) is 0 Å². The Morgan fingerprint density at radius 3 is 2.92 bits per heavy atom. The van der Waals surface area contributed by atoms with E-state index in [0.29, 0.717) is 12.2 Å². The Labute approximate surface area is 76.8 Å². The van der Waals surface area contributed by atoms with E-state index in [0.717, 1.165) is 11.1 Å². The van der Waals surface area contributed by atoms with Crippen molar-refractivity contribution in [2.75, 3.05) is 0 Å². The topological polar surface area (TPSA) is 26.3 Å². The lowest BCUT2D eigenvalue weighted by Crippen LogP contribution is -2.18. The Kier molecular flexibility index (Phi) is 1.89. The first-order valence-electron chi connectivity index (χ1n) is 4.26. The van der Waals surface area contributed by atoms with Gasteiger partial charge in [0.2, 0.25) is 0 Å². The summed E-state index contributed by atoms with van der Waals surface area (Å²) in [5.74, 6) is 0.472. The van der Waals surface area contributed by atoms with Crippen molar-refractivity contribution in [3.05, 3.63) is 41.5 Å². The smallest absolute Gasteiger partial charge is 0.339 e. The molecule has 0 bridgehead atoms. The van der Waals surface area contributed by atoms with Crippen LogP contribution in [0.4, 0.5) is 0 Å². The molecule has 1 aromatic carbocycles. The minimum absolute atomic E-state index is 0.221. The molecular weight excluding hydrogens is 164 g/mol. The summed E-state index contributed by atoms with van der Waals surface area (Å²) in [6.07, 6.45) is 2.49. The van der Waals surface area contributed by atoms with E-state index in [9.17, 15) is 4.79 Å². The Morgan fingerprint density at radius 2 is 2.15 bits per heavy atom. The lowest BCUT2D eigenvalue weighted by Gasteiger charge is -2.16. The van der Waals surface area contributed by atoms with Gasteiger partial charge in [0.25, 0.3) is 0 Å². The van der Waals surface area contributed by atoms with Crippen LogP contribution in [0.2, 0.25) is 0 Å². The third kappa shape index (κ3) is 1.35. The van der Waals surface area contributed by atoms with E-state index in [1.165, 1.54) is 0 Å². The van der Waals surface area contributed by atoms with Gasteiger partial charge in [-0.2, -0.15) is 0 Å². The number of para-hydroxylation sites is 1. The van der Waals surface area contributed by atoms with Crippen molar-refractivity contribution in [2.24, 2.45) is 0 Å². The molecule has 0 radical (unpaired) electrons. The highest BCUT2D eigenvalue weighted by Crippen LogP contribution is 2.26. The molecule has 0 unspecified atom stereocenters. The first kappa shape index (κ1) is 8.05. The van der Waals surface area contributed by atoms with E-state index in [2.05, 4.69) is 0 Å². The van der Waals surface area contributed by atoms with Crippen LogP contribution in [0.5, 0.6) is 5.75 Å². The summed E-state index contributed by atoms with van der Waals surface area (Å²) < 4.78 is 5.13. The van der Waals surface area contributed by atoms with Gasteiger partial charge in [-0.3, -0.25) is 0 Å². The van der Waals surface area contributed by atoms with Crippen molar-refractivity contribution in [1.82, 2.24) is 0 Å². The van der Waals surface area contributed by atoms with Gasteiger partial charge in [0.05, 0.1) is 0 Å². The van der Waals surface area contributed by atoms with Crippen LogP contribution < -0.4 is 4.74 Å². The number of ether oxygens (including phenoxy) is 1. The maximum Gasteiger partial charge on any atom is 0.339 e. The summed E-state index contributed by atoms with van der Waals surface area (Å²) >= 11 is 0. The van der Waals surface area contributed by atoms with Crippen molar-refractivity contribution in [3.63, 3.8) is 0 Å². The summed E-state index contributed by atoms with van der Waals surface area (Å²) in [7, 11) is 0.